The van der Waals surface area contributed by atoms with Crippen molar-refractivity contribution in [3.63, 3.8) is 0 Å². The number of anilines is 1. The molecule has 0 bridgehead atoms. The molecule has 1 atom stereocenters. The van der Waals surface area contributed by atoms with E-state index in [-0.39, 0.29) is 6.10 Å². The smallest absolute Gasteiger partial charge is 0.123 e. The predicted molar refractivity (Wildman–Crippen MR) is 71.2 cm³/mol. The van der Waals surface area contributed by atoms with Crippen LogP contribution in [0.15, 0.2) is 30.5 Å². The van der Waals surface area contributed by atoms with Crippen LogP contribution in [0.2, 0.25) is 0 Å². The monoisotopic (exact) mass is 259 g/mol. The first-order chi connectivity index (χ1) is 9.31. The molecule has 0 unspecified atom stereocenters. The van der Waals surface area contributed by atoms with Gasteiger partial charge in [-0.1, -0.05) is 6.07 Å². The van der Waals surface area contributed by atoms with E-state index in [1.165, 1.54) is 0 Å². The zero-order valence-electron chi connectivity index (χ0n) is 10.6. The molecular formula is C13H17N5O. The fourth-order valence-corrected chi connectivity index (χ4v) is 2.29. The van der Waals surface area contributed by atoms with Crippen molar-refractivity contribution in [3.05, 3.63) is 41.9 Å². The van der Waals surface area contributed by atoms with Crippen LogP contribution in [0.5, 0.6) is 0 Å². The lowest BCUT2D eigenvalue weighted by molar-refractivity contribution is -0.0352. The van der Waals surface area contributed by atoms with E-state index in [0.29, 0.717) is 12.4 Å². The Morgan fingerprint density at radius 3 is 3.16 bits per heavy atom. The van der Waals surface area contributed by atoms with E-state index in [0.717, 1.165) is 31.0 Å². The fourth-order valence-electron chi connectivity index (χ4n) is 2.29. The highest BCUT2D eigenvalue weighted by molar-refractivity contribution is 5.29. The average Bonchev–Trinajstić information content (AvgIpc) is 2.92. The summed E-state index contributed by atoms with van der Waals surface area (Å²) in [5, 5.41) is 6.94. The molecule has 0 amide bonds. The van der Waals surface area contributed by atoms with Crippen molar-refractivity contribution in [1.29, 1.82) is 0 Å². The van der Waals surface area contributed by atoms with Crippen LogP contribution in [-0.2, 0) is 11.3 Å². The number of ether oxygens (including phenoxy) is 1. The van der Waals surface area contributed by atoms with E-state index in [1.54, 1.807) is 12.3 Å². The number of pyridine rings is 1. The Bertz CT molecular complexity index is 528. The first kappa shape index (κ1) is 12.1. The van der Waals surface area contributed by atoms with Gasteiger partial charge in [0.2, 0.25) is 0 Å². The van der Waals surface area contributed by atoms with Gasteiger partial charge in [-0.3, -0.25) is 10.00 Å². The Kier molecular flexibility index (Phi) is 3.43. The largest absolute Gasteiger partial charge is 0.384 e. The summed E-state index contributed by atoms with van der Waals surface area (Å²) < 4.78 is 5.78. The first-order valence-electron chi connectivity index (χ1n) is 6.36. The molecule has 3 N–H and O–H groups in total. The molecule has 1 aliphatic heterocycles. The molecule has 1 aliphatic rings. The maximum Gasteiger partial charge on any atom is 0.123 e. The van der Waals surface area contributed by atoms with Crippen LogP contribution in [0, 0.1) is 0 Å². The van der Waals surface area contributed by atoms with Crippen LogP contribution in [0.3, 0.4) is 0 Å². The van der Waals surface area contributed by atoms with E-state index in [2.05, 4.69) is 20.1 Å². The number of hydrogen-bond acceptors (Lipinski definition) is 5. The van der Waals surface area contributed by atoms with Crippen LogP contribution in [0.25, 0.3) is 0 Å². The van der Waals surface area contributed by atoms with Crippen molar-refractivity contribution in [2.75, 3.05) is 25.4 Å². The molecule has 19 heavy (non-hydrogen) atoms. The van der Waals surface area contributed by atoms with Crippen molar-refractivity contribution in [2.24, 2.45) is 0 Å². The van der Waals surface area contributed by atoms with Crippen molar-refractivity contribution < 1.29 is 4.74 Å². The normalized spacial score (nSPS) is 20.5. The molecule has 3 rings (SSSR count). The Balaban J connectivity index is 1.67. The number of hydrogen-bond donors (Lipinski definition) is 2. The van der Waals surface area contributed by atoms with Gasteiger partial charge in [0, 0.05) is 31.5 Å². The van der Waals surface area contributed by atoms with Crippen molar-refractivity contribution in [2.45, 2.75) is 12.6 Å². The van der Waals surface area contributed by atoms with Crippen molar-refractivity contribution in [3.8, 4) is 0 Å². The molecule has 0 aromatic carbocycles. The molecule has 2 aromatic rings. The van der Waals surface area contributed by atoms with Crippen molar-refractivity contribution in [1.82, 2.24) is 20.1 Å². The molecular weight excluding hydrogens is 242 g/mol. The van der Waals surface area contributed by atoms with Gasteiger partial charge in [0.25, 0.3) is 0 Å². The standard InChI is InChI=1S/C13H17N5O/c14-13-3-1-2-11(16-13)12-9-18(6-7-19-12)8-10-4-5-15-17-10/h1-5,12H,6-9H2,(H2,14,16)(H,15,17)/t12-/m0/s1. The van der Waals surface area contributed by atoms with Crippen LogP contribution >= 0.6 is 0 Å². The summed E-state index contributed by atoms with van der Waals surface area (Å²) in [5.41, 5.74) is 7.73. The lowest BCUT2D eigenvalue weighted by atomic mass is 10.2. The second kappa shape index (κ2) is 5.38. The molecule has 6 heteroatoms. The number of aromatic nitrogens is 3. The molecule has 0 radical (unpaired) electrons. The fraction of sp³-hybridized carbons (Fsp3) is 0.385. The van der Waals surface area contributed by atoms with E-state index in [9.17, 15) is 0 Å². The highest BCUT2D eigenvalue weighted by Gasteiger charge is 2.23. The summed E-state index contributed by atoms with van der Waals surface area (Å²) >= 11 is 0. The molecule has 1 fully saturated rings. The van der Waals surface area contributed by atoms with E-state index < -0.39 is 0 Å². The summed E-state index contributed by atoms with van der Waals surface area (Å²) in [4.78, 5) is 6.66. The van der Waals surface area contributed by atoms with Gasteiger partial charge in [-0.2, -0.15) is 5.10 Å². The third-order valence-corrected chi connectivity index (χ3v) is 3.22. The van der Waals surface area contributed by atoms with E-state index in [4.69, 9.17) is 10.5 Å². The lowest BCUT2D eigenvalue weighted by Gasteiger charge is -2.32. The number of aromatic amines is 1. The van der Waals surface area contributed by atoms with Gasteiger partial charge in [-0.05, 0) is 18.2 Å². The van der Waals surface area contributed by atoms with Crippen LogP contribution in [0.1, 0.15) is 17.5 Å². The zero-order valence-corrected chi connectivity index (χ0v) is 10.6. The third kappa shape index (κ3) is 2.91. The summed E-state index contributed by atoms with van der Waals surface area (Å²) in [5.74, 6) is 0.534. The SMILES string of the molecule is Nc1cccc([C@@H]2CN(Cc3ccn[nH]3)CCO2)n1. The molecule has 3 heterocycles. The number of nitrogens with zero attached hydrogens (tertiary/aromatic N) is 3. The number of H-pyrrole nitrogens is 1. The molecule has 0 spiro atoms. The molecule has 0 aliphatic carbocycles. The highest BCUT2D eigenvalue weighted by atomic mass is 16.5. The van der Waals surface area contributed by atoms with Gasteiger partial charge in [0.05, 0.1) is 12.3 Å². The maximum atomic E-state index is 5.78. The molecule has 1 saturated heterocycles. The van der Waals surface area contributed by atoms with Crippen molar-refractivity contribution >= 4 is 5.82 Å². The Labute approximate surface area is 111 Å². The summed E-state index contributed by atoms with van der Waals surface area (Å²) in [7, 11) is 0. The Morgan fingerprint density at radius 2 is 2.37 bits per heavy atom. The highest BCUT2D eigenvalue weighted by Crippen LogP contribution is 2.22. The zero-order chi connectivity index (χ0) is 13.1. The van der Waals surface area contributed by atoms with Crippen LogP contribution in [-0.4, -0.2) is 39.8 Å². The lowest BCUT2D eigenvalue weighted by Crippen LogP contribution is -2.38. The molecule has 6 nitrogen and oxygen atoms in total. The summed E-state index contributed by atoms with van der Waals surface area (Å²) in [6, 6.07) is 7.65. The third-order valence-electron chi connectivity index (χ3n) is 3.22. The van der Waals surface area contributed by atoms with Gasteiger partial charge in [-0.25, -0.2) is 4.98 Å². The van der Waals surface area contributed by atoms with Gasteiger partial charge in [0.1, 0.15) is 11.9 Å². The minimum absolute atomic E-state index is 0.0137. The quantitative estimate of drug-likeness (QED) is 0.858. The van der Waals surface area contributed by atoms with E-state index >= 15 is 0 Å². The number of morpholine rings is 1. The topological polar surface area (TPSA) is 80.1 Å². The second-order valence-electron chi connectivity index (χ2n) is 4.66. The number of nitrogens with one attached hydrogen (secondary N) is 1. The van der Waals surface area contributed by atoms with Crippen LogP contribution in [0.4, 0.5) is 5.82 Å². The van der Waals surface area contributed by atoms with Gasteiger partial charge in [0.15, 0.2) is 0 Å². The minimum Gasteiger partial charge on any atom is -0.384 e. The predicted octanol–water partition coefficient (Wildman–Crippen LogP) is 0.960. The summed E-state index contributed by atoms with van der Waals surface area (Å²) in [6.07, 6.45) is 1.76. The minimum atomic E-state index is -0.0137. The van der Waals surface area contributed by atoms with Gasteiger partial charge in [-0.15, -0.1) is 0 Å². The molecule has 100 valence electrons. The number of rotatable bonds is 3. The van der Waals surface area contributed by atoms with Gasteiger partial charge >= 0.3 is 0 Å². The number of nitrogen functional groups attached to an aromatic ring is 1. The Morgan fingerprint density at radius 1 is 1.42 bits per heavy atom. The average molecular weight is 259 g/mol. The molecule has 2 aromatic heterocycles. The van der Waals surface area contributed by atoms with E-state index in [1.807, 2.05) is 18.2 Å². The van der Waals surface area contributed by atoms with Gasteiger partial charge < -0.3 is 10.5 Å². The molecule has 0 saturated carbocycles. The van der Waals surface area contributed by atoms with Crippen LogP contribution < -0.4 is 5.73 Å². The number of nitrogens with two attached hydrogens (primary N) is 1. The summed E-state index contributed by atoms with van der Waals surface area (Å²) in [6.45, 7) is 3.28. The first-order valence-corrected chi connectivity index (χ1v) is 6.36. The second-order valence-corrected chi connectivity index (χ2v) is 4.66. The maximum absolute atomic E-state index is 5.78. The Hall–Kier alpha value is -1.92.